The number of benzene rings is 3. The molecule has 0 amide bonds. The van der Waals surface area contributed by atoms with Crippen LogP contribution in [0.15, 0.2) is 70.6 Å². The van der Waals surface area contributed by atoms with Crippen molar-refractivity contribution in [2.75, 3.05) is 23.8 Å². The van der Waals surface area contributed by atoms with Crippen LogP contribution in [0, 0.1) is 0 Å². The Morgan fingerprint density at radius 2 is 1.53 bits per heavy atom. The predicted octanol–water partition coefficient (Wildman–Crippen LogP) is 2.30. The van der Waals surface area contributed by atoms with Gasteiger partial charge in [-0.1, -0.05) is 24.3 Å². The van der Waals surface area contributed by atoms with Crippen molar-refractivity contribution in [1.29, 1.82) is 0 Å². The Morgan fingerprint density at radius 1 is 0.895 bits per heavy atom. The van der Waals surface area contributed by atoms with Crippen LogP contribution in [0.25, 0.3) is 11.1 Å². The molecular formula is C35H38N3O15S4+. The van der Waals surface area contributed by atoms with Gasteiger partial charge in [-0.15, -0.1) is 25.3 Å². The maximum atomic E-state index is 12.2. The van der Waals surface area contributed by atoms with Gasteiger partial charge < -0.3 is 14.4 Å². The summed E-state index contributed by atoms with van der Waals surface area (Å²) in [5.74, 6) is 0.334. The first kappa shape index (κ1) is 44.6. The first-order chi connectivity index (χ1) is 26.3. The second-order valence-corrected chi connectivity index (χ2v) is 17.6. The van der Waals surface area contributed by atoms with E-state index in [2.05, 4.69) is 15.6 Å². The molecule has 3 aromatic rings. The van der Waals surface area contributed by atoms with E-state index in [1.807, 2.05) is 58.9 Å². The monoisotopic (exact) mass is 868 g/mol. The molecule has 0 aliphatic carbocycles. The number of hydrogen-bond acceptors (Lipinski definition) is 15. The van der Waals surface area contributed by atoms with Crippen LogP contribution in [0.5, 0.6) is 11.5 Å². The molecule has 0 atom stereocenters. The fourth-order valence-electron chi connectivity index (χ4n) is 7.03. The molecule has 0 spiro atoms. The third-order valence-electron chi connectivity index (χ3n) is 9.09. The Hall–Kier alpha value is -5.13. The maximum Gasteiger partial charge on any atom is 0.425 e. The van der Waals surface area contributed by atoms with Gasteiger partial charge in [0.15, 0.2) is 23.6 Å². The second kappa shape index (κ2) is 17.2. The molecule has 3 aromatic carbocycles. The van der Waals surface area contributed by atoms with E-state index >= 15 is 0 Å². The van der Waals surface area contributed by atoms with Crippen molar-refractivity contribution in [3.05, 3.63) is 88.1 Å². The van der Waals surface area contributed by atoms with Gasteiger partial charge in [-0.25, -0.2) is 9.57 Å². The van der Waals surface area contributed by atoms with E-state index in [0.29, 0.717) is 64.4 Å². The van der Waals surface area contributed by atoms with Gasteiger partial charge in [-0.2, -0.15) is 16.8 Å². The van der Waals surface area contributed by atoms with Crippen molar-refractivity contribution in [1.82, 2.24) is 4.58 Å². The molecule has 57 heavy (non-hydrogen) atoms. The Bertz CT molecular complexity index is 2740. The van der Waals surface area contributed by atoms with Crippen molar-refractivity contribution >= 4 is 70.4 Å². The molecule has 0 bridgehead atoms. The highest BCUT2D eigenvalue weighted by molar-refractivity contribution is 7.86. The van der Waals surface area contributed by atoms with Gasteiger partial charge in [-0.05, 0) is 62.6 Å². The summed E-state index contributed by atoms with van der Waals surface area (Å²) < 4.78 is 133. The summed E-state index contributed by atoms with van der Waals surface area (Å²) in [5.41, 5.74) is 3.25. The highest BCUT2D eigenvalue weighted by Crippen LogP contribution is 2.47. The zero-order valence-corrected chi connectivity index (χ0v) is 34.3. The van der Waals surface area contributed by atoms with Gasteiger partial charge in [0.1, 0.15) is 21.7 Å². The number of rotatable bonds is 10. The number of nitrogens with zero attached hydrogens (tertiary/aromatic N) is 3. The Kier molecular flexibility index (Phi) is 13.4. The molecule has 0 saturated carbocycles. The van der Waals surface area contributed by atoms with E-state index in [9.17, 15) is 30.7 Å². The number of allylic oxidation sites excluding steroid dienone is 1. The van der Waals surface area contributed by atoms with E-state index in [0.717, 1.165) is 16.5 Å². The summed E-state index contributed by atoms with van der Waals surface area (Å²) in [6, 6.07) is 13.7. The van der Waals surface area contributed by atoms with Crippen LogP contribution in [0.3, 0.4) is 0 Å². The molecule has 0 aromatic heterocycles. The Labute approximate surface area is 331 Å². The first-order valence-corrected chi connectivity index (χ1v) is 21.7. The molecule has 2 N–H and O–H groups in total. The number of fused-ring (bicyclic) bond motifs is 4. The zero-order valence-electron chi connectivity index (χ0n) is 31.1. The first-order valence-electron chi connectivity index (χ1n) is 16.7. The number of carbonyl (C=O) groups is 1. The van der Waals surface area contributed by atoms with Crippen LogP contribution in [0.2, 0.25) is 0 Å². The van der Waals surface area contributed by atoms with Crippen molar-refractivity contribution in [2.24, 2.45) is 4.99 Å². The van der Waals surface area contributed by atoms with Gasteiger partial charge in [0.05, 0.1) is 23.8 Å². The molecule has 0 radical (unpaired) electrons. The van der Waals surface area contributed by atoms with E-state index in [4.69, 9.17) is 39.7 Å². The van der Waals surface area contributed by atoms with E-state index in [-0.39, 0.29) is 18.0 Å². The van der Waals surface area contributed by atoms with Gasteiger partial charge in [0, 0.05) is 43.3 Å². The quantitative estimate of drug-likeness (QED) is 0.100. The van der Waals surface area contributed by atoms with Crippen molar-refractivity contribution in [3.63, 3.8) is 0 Å². The highest BCUT2D eigenvalue weighted by atomic mass is 32.2. The largest absolute Gasteiger partial charge is 0.468 e. The van der Waals surface area contributed by atoms with E-state index < -0.39 is 58.3 Å². The Morgan fingerprint density at radius 3 is 2.12 bits per heavy atom. The summed E-state index contributed by atoms with van der Waals surface area (Å²) in [5, 5.41) is 1.35. The van der Waals surface area contributed by atoms with Crippen LogP contribution < -0.4 is 24.9 Å². The van der Waals surface area contributed by atoms with Gasteiger partial charge in [0.2, 0.25) is 5.36 Å². The van der Waals surface area contributed by atoms with Crippen molar-refractivity contribution in [2.45, 2.75) is 63.6 Å². The van der Waals surface area contributed by atoms with Crippen LogP contribution in [-0.4, -0.2) is 87.6 Å². The number of hydrogen-bond donors (Lipinski definition) is 2. The van der Waals surface area contributed by atoms with E-state index in [1.165, 1.54) is 6.07 Å². The summed E-state index contributed by atoms with van der Waals surface area (Å²) in [6.07, 6.45) is 4.42. The molecule has 0 fully saturated rings. The lowest BCUT2D eigenvalue weighted by Crippen LogP contribution is -2.49. The normalized spacial score (nSPS) is 15.7. The van der Waals surface area contributed by atoms with Crippen LogP contribution in [-0.2, 0) is 57.5 Å². The molecule has 0 saturated heterocycles. The van der Waals surface area contributed by atoms with Crippen LogP contribution >= 0.6 is 0 Å². The second-order valence-electron chi connectivity index (χ2n) is 14.0. The van der Waals surface area contributed by atoms with Crippen molar-refractivity contribution in [3.8, 4) is 11.5 Å². The lowest BCUT2D eigenvalue weighted by atomic mass is 9.88. The van der Waals surface area contributed by atoms with Gasteiger partial charge in [-0.3, -0.25) is 13.9 Å². The van der Waals surface area contributed by atoms with Crippen molar-refractivity contribution < 1.29 is 65.5 Å². The number of anilines is 1. The molecule has 3 aliphatic rings. The summed E-state index contributed by atoms with van der Waals surface area (Å²) in [7, 11) is -15.0. The lowest BCUT2D eigenvalue weighted by Gasteiger charge is -2.44. The third kappa shape index (κ3) is 11.0. The average molecular weight is 869 g/mol. The fraction of sp³-hybridized carbons (Fsp3) is 0.343. The number of ether oxygens (including phenoxy) is 2. The third-order valence-corrected chi connectivity index (χ3v) is 10.7. The minimum atomic E-state index is -4.46. The van der Waals surface area contributed by atoms with Crippen LogP contribution in [0.1, 0.15) is 57.7 Å². The molecule has 3 aliphatic heterocycles. The average Bonchev–Trinajstić information content (AvgIpc) is 3.05. The highest BCUT2D eigenvalue weighted by Gasteiger charge is 2.37. The SMILES string of the molecule is CC1=CC(C)(C)[N+](Cc2ccccc2S(=O)(=O)O)=c2cc3c(cc21)=Nc1cc2c(cc1O3)N(CCCOC=O)C(C)(C)C=C2CS(=O)(=O)O.O=S(=O)=O.O=S(=O)=O. The summed E-state index contributed by atoms with van der Waals surface area (Å²) in [4.78, 5) is 17.6. The van der Waals surface area contributed by atoms with Gasteiger partial charge >= 0.3 is 21.2 Å². The summed E-state index contributed by atoms with van der Waals surface area (Å²) in [6.45, 7) is 11.2. The topological polar surface area (TPSA) is 265 Å². The van der Waals surface area contributed by atoms with Crippen LogP contribution in [0.4, 0.5) is 11.4 Å². The molecule has 306 valence electrons. The predicted molar refractivity (Wildman–Crippen MR) is 204 cm³/mol. The minimum absolute atomic E-state index is 0.158. The maximum absolute atomic E-state index is 12.2. The standard InChI is InChI=1S/C35H37N3O9S2.2O3S/c1-22-17-34(2,3)38(19-23-9-6-7-10-33(23)49(43,44)45)29-15-31-27(13-25(22)29)36-28-14-26-24(20-48(40,41)42)18-35(4,5)37(11-8-12-46-21-39)30(26)16-32(28)47-31;2*1-4(2)3/h6-7,9-10,13-18,21H,8,11-12,19-20H2,1-5H3,(H-,40,41,42,43,44,45);;/p+1. The molecule has 6 rings (SSSR count). The number of carbonyl (C=O) groups excluding carboxylic acids is 1. The molecule has 22 heteroatoms. The molecule has 18 nitrogen and oxygen atoms in total. The van der Waals surface area contributed by atoms with E-state index in [1.54, 1.807) is 24.3 Å². The smallest absolute Gasteiger partial charge is 0.425 e. The Balaban J connectivity index is 0.000000824. The molecular weight excluding hydrogens is 831 g/mol. The van der Waals surface area contributed by atoms with Gasteiger partial charge in [0.25, 0.3) is 26.7 Å². The molecule has 0 unspecified atom stereocenters. The fourth-order valence-corrected chi connectivity index (χ4v) is 8.38. The lowest BCUT2D eigenvalue weighted by molar-refractivity contribution is -0.128. The summed E-state index contributed by atoms with van der Waals surface area (Å²) >= 11 is 0. The zero-order chi connectivity index (χ0) is 42.7. The molecule has 3 heterocycles. The minimum Gasteiger partial charge on any atom is -0.468 e.